The van der Waals surface area contributed by atoms with Crippen molar-refractivity contribution in [1.29, 1.82) is 0 Å². The molecule has 0 aromatic heterocycles. The maximum Gasteiger partial charge on any atom is 0.705 e. The van der Waals surface area contributed by atoms with Crippen molar-refractivity contribution in [2.24, 2.45) is 0 Å². The molecule has 158 valence electrons. The Labute approximate surface area is 172 Å². The lowest BCUT2D eigenvalue weighted by Crippen LogP contribution is -2.49. The highest BCUT2D eigenvalue weighted by Gasteiger charge is 2.51. The van der Waals surface area contributed by atoms with E-state index < -0.39 is 35.3 Å². The zero-order chi connectivity index (χ0) is 21.7. The minimum atomic E-state index is -3.79. The fraction of sp³-hybridized carbons (Fsp3) is 0.421. The number of rotatable bonds is 8. The summed E-state index contributed by atoms with van der Waals surface area (Å²) < 4.78 is 27.3. The van der Waals surface area contributed by atoms with Crippen LogP contribution in [-0.4, -0.2) is 35.3 Å². The summed E-state index contributed by atoms with van der Waals surface area (Å²) in [6.45, 7) is 9.70. The Morgan fingerprint density at radius 1 is 1.14 bits per heavy atom. The lowest BCUT2D eigenvalue weighted by molar-refractivity contribution is -0.147. The topological polar surface area (TPSA) is 97.4 Å². The van der Waals surface area contributed by atoms with E-state index >= 15 is 0 Å². The fourth-order valence-electron chi connectivity index (χ4n) is 2.95. The molecule has 0 bridgehead atoms. The van der Waals surface area contributed by atoms with E-state index in [1.807, 2.05) is 24.7 Å². The molecule has 1 aromatic carbocycles. The SMILES string of the molecule is C=C[Si]1(C)OCc2cc(CCC[Si](OC(C)=O)(OC(C)=O)OC(C)=O)ccc2O1. The molecule has 0 saturated carbocycles. The van der Waals surface area contributed by atoms with E-state index in [4.69, 9.17) is 22.1 Å². The molecule has 0 N–H and O–H groups in total. The van der Waals surface area contributed by atoms with E-state index in [0.717, 1.165) is 16.9 Å². The van der Waals surface area contributed by atoms with Crippen LogP contribution in [0.4, 0.5) is 0 Å². The van der Waals surface area contributed by atoms with E-state index in [1.165, 1.54) is 20.8 Å². The number of fused-ring (bicyclic) bond motifs is 1. The van der Waals surface area contributed by atoms with Gasteiger partial charge in [0.25, 0.3) is 17.9 Å². The first-order chi connectivity index (χ1) is 13.6. The van der Waals surface area contributed by atoms with Gasteiger partial charge in [0, 0.05) is 26.3 Å². The quantitative estimate of drug-likeness (QED) is 0.572. The van der Waals surface area contributed by atoms with E-state index in [9.17, 15) is 14.4 Å². The third kappa shape index (κ3) is 6.55. The molecule has 1 aliphatic rings. The lowest BCUT2D eigenvalue weighted by Gasteiger charge is -2.31. The first-order valence-corrected chi connectivity index (χ1v) is 13.6. The van der Waals surface area contributed by atoms with Gasteiger partial charge in [0.2, 0.25) is 0 Å². The Morgan fingerprint density at radius 3 is 2.24 bits per heavy atom. The van der Waals surface area contributed by atoms with E-state index in [2.05, 4.69) is 6.58 Å². The third-order valence-electron chi connectivity index (χ3n) is 4.17. The summed E-state index contributed by atoms with van der Waals surface area (Å²) in [4.78, 5) is 34.5. The van der Waals surface area contributed by atoms with E-state index in [-0.39, 0.29) is 6.04 Å². The number of aryl methyl sites for hydroxylation is 1. The summed E-state index contributed by atoms with van der Waals surface area (Å²) in [6, 6.07) is 5.96. The second-order valence-electron chi connectivity index (χ2n) is 6.87. The van der Waals surface area contributed by atoms with Gasteiger partial charge in [0.05, 0.1) is 12.7 Å². The van der Waals surface area contributed by atoms with Crippen LogP contribution in [0.25, 0.3) is 0 Å². The van der Waals surface area contributed by atoms with Gasteiger partial charge in [-0.05, 0) is 42.8 Å². The average Bonchev–Trinajstić information content (AvgIpc) is 2.60. The summed E-state index contributed by atoms with van der Waals surface area (Å²) in [5, 5.41) is 0. The predicted octanol–water partition coefficient (Wildman–Crippen LogP) is 2.95. The van der Waals surface area contributed by atoms with E-state index in [1.54, 1.807) is 5.70 Å². The molecule has 0 radical (unpaired) electrons. The van der Waals surface area contributed by atoms with E-state index in [0.29, 0.717) is 19.4 Å². The number of hydrogen-bond donors (Lipinski definition) is 0. The lowest BCUT2D eigenvalue weighted by atomic mass is 10.1. The van der Waals surface area contributed by atoms with Gasteiger partial charge in [-0.2, -0.15) is 0 Å². The van der Waals surface area contributed by atoms with Gasteiger partial charge in [0.15, 0.2) is 0 Å². The molecule has 0 saturated heterocycles. The van der Waals surface area contributed by atoms with Crippen molar-refractivity contribution in [3.8, 4) is 5.75 Å². The number of carbonyl (C=O) groups excluding carboxylic acids is 3. The van der Waals surface area contributed by atoms with Crippen molar-refractivity contribution in [2.45, 2.75) is 52.8 Å². The molecular weight excluding hydrogens is 412 g/mol. The Bertz CT molecular complexity index is 769. The maximum atomic E-state index is 11.5. The molecular formula is C19H26O8Si2. The molecule has 1 aromatic rings. The number of hydrogen-bond acceptors (Lipinski definition) is 8. The van der Waals surface area contributed by atoms with Crippen LogP contribution in [0, 0.1) is 0 Å². The van der Waals surface area contributed by atoms with Gasteiger partial charge in [-0.15, -0.1) is 6.58 Å². The summed E-state index contributed by atoms with van der Waals surface area (Å²) in [7, 11) is -6.15. The van der Waals surface area contributed by atoms with Gasteiger partial charge < -0.3 is 22.1 Å². The molecule has 1 heterocycles. The van der Waals surface area contributed by atoms with Gasteiger partial charge >= 0.3 is 17.4 Å². The minimum Gasteiger partial charge on any atom is -0.517 e. The first-order valence-electron chi connectivity index (χ1n) is 9.23. The summed E-state index contributed by atoms with van der Waals surface area (Å²) in [6.07, 6.45) is 1.08. The molecule has 0 fully saturated rings. The largest absolute Gasteiger partial charge is 0.705 e. The van der Waals surface area contributed by atoms with Crippen LogP contribution >= 0.6 is 0 Å². The highest BCUT2D eigenvalue weighted by molar-refractivity contribution is 6.72. The molecule has 8 nitrogen and oxygen atoms in total. The van der Waals surface area contributed by atoms with Gasteiger partial charge in [-0.1, -0.05) is 6.07 Å². The second-order valence-corrected chi connectivity index (χ2v) is 12.3. The molecule has 29 heavy (non-hydrogen) atoms. The molecule has 1 unspecified atom stereocenters. The molecule has 10 heteroatoms. The standard InChI is InChI=1S/C19H26O8Si2/c1-6-28(5)23-13-18-12-17(9-10-19(18)27-28)8-7-11-29(24-14(2)20,25-15(3)21)26-16(4)22/h6,9-10,12H,1,7-8,11,13H2,2-5H3. The highest BCUT2D eigenvalue weighted by atomic mass is 28.4. The summed E-state index contributed by atoms with van der Waals surface area (Å²) in [5.74, 6) is -1.22. The van der Waals surface area contributed by atoms with Gasteiger partial charge in [-0.3, -0.25) is 14.4 Å². The van der Waals surface area contributed by atoms with Crippen LogP contribution in [0.15, 0.2) is 30.5 Å². The van der Waals surface area contributed by atoms with Crippen molar-refractivity contribution in [2.75, 3.05) is 0 Å². The van der Waals surface area contributed by atoms with Crippen LogP contribution in [0.5, 0.6) is 5.75 Å². The van der Waals surface area contributed by atoms with Crippen molar-refractivity contribution in [3.63, 3.8) is 0 Å². The van der Waals surface area contributed by atoms with Crippen molar-refractivity contribution in [3.05, 3.63) is 41.6 Å². The zero-order valence-electron chi connectivity index (χ0n) is 17.1. The Hall–Kier alpha value is -2.44. The summed E-state index contributed by atoms with van der Waals surface area (Å²) in [5.41, 5.74) is 3.70. The van der Waals surface area contributed by atoms with Crippen molar-refractivity contribution < 1.29 is 36.5 Å². The Morgan fingerprint density at radius 2 is 1.72 bits per heavy atom. The highest BCUT2D eigenvalue weighted by Crippen LogP contribution is 2.31. The number of benzene rings is 1. The smallest absolute Gasteiger partial charge is 0.517 e. The van der Waals surface area contributed by atoms with Crippen molar-refractivity contribution in [1.82, 2.24) is 0 Å². The van der Waals surface area contributed by atoms with Crippen LogP contribution in [0.2, 0.25) is 12.6 Å². The Kier molecular flexibility index (Phi) is 7.39. The molecule has 0 aliphatic carbocycles. The Balaban J connectivity index is 2.08. The normalized spacial score (nSPS) is 18.1. The predicted molar refractivity (Wildman–Crippen MR) is 108 cm³/mol. The second kappa shape index (κ2) is 9.37. The summed E-state index contributed by atoms with van der Waals surface area (Å²) >= 11 is 0. The monoisotopic (exact) mass is 438 g/mol. The molecule has 1 atom stereocenters. The van der Waals surface area contributed by atoms with Crippen molar-refractivity contribution >= 4 is 35.3 Å². The van der Waals surface area contributed by atoms with Gasteiger partial charge in [-0.25, -0.2) is 0 Å². The molecule has 2 rings (SSSR count). The molecule has 0 spiro atoms. The molecule has 0 amide bonds. The first kappa shape index (κ1) is 22.8. The minimum absolute atomic E-state index is 0.136. The third-order valence-corrected chi connectivity index (χ3v) is 9.01. The van der Waals surface area contributed by atoms with Crippen LogP contribution in [0.3, 0.4) is 0 Å². The van der Waals surface area contributed by atoms with Crippen LogP contribution in [-0.2, 0) is 45.1 Å². The van der Waals surface area contributed by atoms with Crippen LogP contribution < -0.4 is 4.43 Å². The average molecular weight is 439 g/mol. The van der Waals surface area contributed by atoms with Crippen LogP contribution in [0.1, 0.15) is 38.3 Å². The zero-order valence-corrected chi connectivity index (χ0v) is 19.1. The number of carbonyl (C=O) groups is 3. The maximum absolute atomic E-state index is 11.5. The molecule has 1 aliphatic heterocycles. The van der Waals surface area contributed by atoms with Gasteiger partial charge in [0.1, 0.15) is 5.75 Å². The fourth-order valence-corrected chi connectivity index (χ4v) is 6.64.